The second kappa shape index (κ2) is 14.5. The van der Waals surface area contributed by atoms with Crippen LogP contribution in [0.15, 0.2) is 0 Å². The lowest BCUT2D eigenvalue weighted by atomic mass is 10.0. The summed E-state index contributed by atoms with van der Waals surface area (Å²) in [6, 6.07) is 0. The molecule has 0 N–H and O–H groups in total. The van der Waals surface area contributed by atoms with E-state index in [4.69, 9.17) is 0 Å². The third-order valence-electron chi connectivity index (χ3n) is 7.27. The first-order valence-electron chi connectivity index (χ1n) is 13.7. The van der Waals surface area contributed by atoms with Crippen molar-refractivity contribution in [1.82, 2.24) is 0 Å². The molecule has 3 heteroatoms. The Morgan fingerprint density at radius 1 is 0.700 bits per heavy atom. The Labute approximate surface area is 191 Å². The number of unbranched alkanes of at least 4 members (excludes halogenated alkanes) is 13. The van der Waals surface area contributed by atoms with E-state index in [-0.39, 0.29) is 0 Å². The molecule has 0 aromatic carbocycles. The molecule has 1 aliphatic carbocycles. The van der Waals surface area contributed by atoms with Crippen LogP contribution in [0.5, 0.6) is 0 Å². The van der Waals surface area contributed by atoms with E-state index in [1.807, 2.05) is 0 Å². The summed E-state index contributed by atoms with van der Waals surface area (Å²) in [6.07, 6.45) is 28.6. The van der Waals surface area contributed by atoms with Crippen LogP contribution in [0.25, 0.3) is 0 Å². The number of hydrogen-bond donors (Lipinski definition) is 0. The van der Waals surface area contributed by atoms with Gasteiger partial charge in [0.15, 0.2) is 0 Å². The third-order valence-corrected chi connectivity index (χ3v) is 8.62. The Hall–Kier alpha value is -0.570. The Bertz CT molecular complexity index is 580. The molecular weight excluding hydrogens is 384 g/mol. The van der Waals surface area contributed by atoms with Gasteiger partial charge in [-0.1, -0.05) is 95.3 Å². The molecule has 1 aromatic heterocycles. The average Bonchev–Trinajstić information content (AvgIpc) is 3.02. The van der Waals surface area contributed by atoms with Gasteiger partial charge in [0, 0.05) is 6.42 Å². The van der Waals surface area contributed by atoms with Crippen LogP contribution in [0.3, 0.4) is 0 Å². The number of anilines is 1. The molecule has 0 radical (unpaired) electrons. The molecule has 1 aromatic rings. The molecule has 2 nitrogen and oxygen atoms in total. The lowest BCUT2D eigenvalue weighted by Crippen LogP contribution is -2.41. The van der Waals surface area contributed by atoms with Crippen LogP contribution in [0, 0.1) is 0 Å². The van der Waals surface area contributed by atoms with Gasteiger partial charge in [-0.15, -0.1) is 0 Å². The van der Waals surface area contributed by atoms with Crippen molar-refractivity contribution in [1.29, 1.82) is 0 Å². The molecule has 0 unspecified atom stereocenters. The maximum atomic E-state index is 2.75. The molecule has 1 aliphatic heterocycles. The Morgan fingerprint density at radius 2 is 1.30 bits per heavy atom. The van der Waals surface area contributed by atoms with E-state index in [1.165, 1.54) is 148 Å². The van der Waals surface area contributed by atoms with E-state index in [0.29, 0.717) is 0 Å². The smallest absolute Gasteiger partial charge is 0.252 e. The molecule has 0 amide bonds. The van der Waals surface area contributed by atoms with Gasteiger partial charge in [0.1, 0.15) is 5.69 Å². The van der Waals surface area contributed by atoms with Crippen LogP contribution < -0.4 is 9.47 Å². The van der Waals surface area contributed by atoms with Crippen molar-refractivity contribution in [2.45, 2.75) is 142 Å². The lowest BCUT2D eigenvalue weighted by molar-refractivity contribution is -0.687. The Morgan fingerprint density at radius 3 is 1.97 bits per heavy atom. The van der Waals surface area contributed by atoms with Gasteiger partial charge in [-0.2, -0.15) is 0 Å². The normalized spacial score (nSPS) is 16.4. The minimum atomic E-state index is 1.27. The fourth-order valence-corrected chi connectivity index (χ4v) is 6.80. The summed E-state index contributed by atoms with van der Waals surface area (Å²) in [7, 11) is 0. The van der Waals surface area contributed by atoms with Crippen LogP contribution in [0.4, 0.5) is 5.13 Å². The number of nitrogens with zero attached hydrogens (tertiary/aromatic N) is 2. The van der Waals surface area contributed by atoms with Crippen LogP contribution in [0.2, 0.25) is 0 Å². The first-order valence-corrected chi connectivity index (χ1v) is 14.5. The molecule has 3 rings (SSSR count). The second-order valence-corrected chi connectivity index (χ2v) is 11.0. The van der Waals surface area contributed by atoms with E-state index < -0.39 is 0 Å². The molecular formula is C27H49N2S+. The van der Waals surface area contributed by atoms with Gasteiger partial charge in [0.25, 0.3) is 0 Å². The fourth-order valence-electron chi connectivity index (χ4n) is 5.38. The SMILES string of the molecule is CCCCCCCCCCCCCCCCN1CCCC[n+]2c1sc1c2CCCC1. The van der Waals surface area contributed by atoms with Gasteiger partial charge in [-0.3, -0.25) is 4.90 Å². The van der Waals surface area contributed by atoms with Crippen molar-refractivity contribution in [2.24, 2.45) is 0 Å². The highest BCUT2D eigenvalue weighted by Gasteiger charge is 2.31. The molecule has 2 heterocycles. The molecule has 0 bridgehead atoms. The largest absolute Gasteiger partial charge is 0.336 e. The number of aryl methyl sites for hydroxylation is 1. The van der Waals surface area contributed by atoms with E-state index in [1.54, 1.807) is 15.7 Å². The zero-order chi connectivity index (χ0) is 20.9. The highest BCUT2D eigenvalue weighted by Crippen LogP contribution is 2.32. The van der Waals surface area contributed by atoms with Crippen molar-refractivity contribution < 1.29 is 4.57 Å². The standard InChI is InChI=1S/C27H49N2S/c1-2-3-4-5-6-7-8-9-10-11-12-13-14-17-22-28-23-18-19-24-29-25-20-15-16-21-26(25)30-27(28)29/h2-24H2,1H3/q+1. The van der Waals surface area contributed by atoms with Crippen molar-refractivity contribution in [2.75, 3.05) is 18.0 Å². The maximum Gasteiger partial charge on any atom is 0.336 e. The predicted octanol–water partition coefficient (Wildman–Crippen LogP) is 8.00. The first kappa shape index (κ1) is 24.1. The van der Waals surface area contributed by atoms with Crippen molar-refractivity contribution in [3.8, 4) is 0 Å². The highest BCUT2D eigenvalue weighted by atomic mass is 32.1. The second-order valence-electron chi connectivity index (χ2n) is 9.90. The zero-order valence-corrected chi connectivity index (χ0v) is 20.9. The summed E-state index contributed by atoms with van der Waals surface area (Å²) in [6.45, 7) is 6.16. The number of fused-ring (bicyclic) bond motifs is 3. The van der Waals surface area contributed by atoms with E-state index >= 15 is 0 Å². The van der Waals surface area contributed by atoms with Crippen molar-refractivity contribution >= 4 is 16.5 Å². The molecule has 172 valence electrons. The monoisotopic (exact) mass is 433 g/mol. The molecule has 0 atom stereocenters. The van der Waals surface area contributed by atoms with E-state index in [9.17, 15) is 0 Å². The van der Waals surface area contributed by atoms with Gasteiger partial charge < -0.3 is 0 Å². The number of aromatic nitrogens is 1. The molecule has 30 heavy (non-hydrogen) atoms. The number of rotatable bonds is 15. The van der Waals surface area contributed by atoms with Crippen LogP contribution >= 0.6 is 11.3 Å². The number of thiazole rings is 1. The number of hydrogen-bond acceptors (Lipinski definition) is 2. The van der Waals surface area contributed by atoms with E-state index in [2.05, 4.69) is 27.7 Å². The maximum absolute atomic E-state index is 2.75. The summed E-state index contributed by atoms with van der Waals surface area (Å²) in [5.41, 5.74) is 1.70. The Kier molecular flexibility index (Phi) is 11.6. The lowest BCUT2D eigenvalue weighted by Gasteiger charge is -2.14. The van der Waals surface area contributed by atoms with Crippen molar-refractivity contribution in [3.63, 3.8) is 0 Å². The molecule has 0 saturated heterocycles. The predicted molar refractivity (Wildman–Crippen MR) is 133 cm³/mol. The molecule has 0 spiro atoms. The van der Waals surface area contributed by atoms with Gasteiger partial charge in [-0.25, -0.2) is 4.57 Å². The summed E-state index contributed by atoms with van der Waals surface area (Å²) >= 11 is 2.13. The zero-order valence-electron chi connectivity index (χ0n) is 20.1. The fraction of sp³-hybridized carbons (Fsp3) is 0.889. The minimum absolute atomic E-state index is 1.27. The third kappa shape index (κ3) is 7.84. The van der Waals surface area contributed by atoms with Crippen LogP contribution in [-0.4, -0.2) is 13.1 Å². The summed E-state index contributed by atoms with van der Waals surface area (Å²) in [5, 5.41) is 1.61. The van der Waals surface area contributed by atoms with Crippen molar-refractivity contribution in [3.05, 3.63) is 10.6 Å². The van der Waals surface area contributed by atoms with Gasteiger partial charge in [0.05, 0.1) is 24.5 Å². The molecule has 0 saturated carbocycles. The van der Waals surface area contributed by atoms with E-state index in [0.717, 1.165) is 0 Å². The summed E-state index contributed by atoms with van der Waals surface area (Å²) < 4.78 is 2.72. The Balaban J connectivity index is 1.22. The average molecular weight is 434 g/mol. The summed E-state index contributed by atoms with van der Waals surface area (Å²) in [5.74, 6) is 0. The molecule has 2 aliphatic rings. The minimum Gasteiger partial charge on any atom is -0.252 e. The van der Waals surface area contributed by atoms with Crippen LogP contribution in [0.1, 0.15) is 133 Å². The summed E-state index contributed by atoms with van der Waals surface area (Å²) in [4.78, 5) is 4.46. The topological polar surface area (TPSA) is 7.12 Å². The van der Waals surface area contributed by atoms with Gasteiger partial charge >= 0.3 is 5.13 Å². The first-order chi connectivity index (χ1) is 14.9. The quantitative estimate of drug-likeness (QED) is 0.201. The molecule has 0 fully saturated rings. The van der Waals surface area contributed by atoms with Gasteiger partial charge in [-0.05, 0) is 44.9 Å². The van der Waals surface area contributed by atoms with Crippen LogP contribution in [-0.2, 0) is 19.4 Å². The van der Waals surface area contributed by atoms with Gasteiger partial charge in [0.2, 0.25) is 0 Å². The highest BCUT2D eigenvalue weighted by molar-refractivity contribution is 7.15.